The molecule has 3 aromatic rings. The van der Waals surface area contributed by atoms with Crippen molar-refractivity contribution in [2.24, 2.45) is 0 Å². The van der Waals surface area contributed by atoms with Crippen LogP contribution in [0.1, 0.15) is 36.8 Å². The van der Waals surface area contributed by atoms with Crippen LogP contribution in [0.3, 0.4) is 0 Å². The first-order chi connectivity index (χ1) is 16.9. The van der Waals surface area contributed by atoms with Crippen molar-refractivity contribution in [2.45, 2.75) is 44.2 Å². The molecule has 1 aliphatic rings. The summed E-state index contributed by atoms with van der Waals surface area (Å²) in [5, 5.41) is 8.51. The number of fused-ring (bicyclic) bond motifs is 1. The van der Waals surface area contributed by atoms with E-state index >= 15 is 0 Å². The Labute approximate surface area is 205 Å². The quantitative estimate of drug-likeness (QED) is 0.459. The summed E-state index contributed by atoms with van der Waals surface area (Å²) in [4.78, 5) is 24.9. The molecule has 1 saturated heterocycles. The van der Waals surface area contributed by atoms with Gasteiger partial charge in [-0.15, -0.1) is 0 Å². The van der Waals surface area contributed by atoms with Crippen molar-refractivity contribution in [1.82, 2.24) is 10.6 Å². The molecule has 2 amide bonds. The summed E-state index contributed by atoms with van der Waals surface area (Å²) in [5.41, 5.74) is 1.58. The molecule has 3 aromatic carbocycles. The van der Waals surface area contributed by atoms with Gasteiger partial charge < -0.3 is 24.8 Å². The Morgan fingerprint density at radius 3 is 2.29 bits per heavy atom. The van der Waals surface area contributed by atoms with Crippen LogP contribution in [0.4, 0.5) is 0 Å². The maximum Gasteiger partial charge on any atom is 0.220 e. The number of ether oxygens (including phenoxy) is 3. The van der Waals surface area contributed by atoms with Crippen LogP contribution in [0.2, 0.25) is 0 Å². The molecule has 1 atom stereocenters. The van der Waals surface area contributed by atoms with Crippen LogP contribution in [-0.4, -0.2) is 38.7 Å². The summed E-state index contributed by atoms with van der Waals surface area (Å²) in [6.07, 6.45) is 2.80. The fourth-order valence-corrected chi connectivity index (χ4v) is 4.80. The molecule has 184 valence electrons. The summed E-state index contributed by atoms with van der Waals surface area (Å²) >= 11 is 0. The first-order valence-corrected chi connectivity index (χ1v) is 11.8. The van der Waals surface area contributed by atoms with E-state index in [0.29, 0.717) is 49.5 Å². The van der Waals surface area contributed by atoms with E-state index in [9.17, 15) is 9.59 Å². The average molecular weight is 477 g/mol. The molecule has 35 heavy (non-hydrogen) atoms. The van der Waals surface area contributed by atoms with Crippen LogP contribution in [0, 0.1) is 0 Å². The SMILES string of the molecule is COc1cc(CNC(=O)CC[C@]2(Cc3ccc4ccccc4c3)CCC(=O)N2)cc(OC)c1OC. The van der Waals surface area contributed by atoms with Crippen molar-refractivity contribution >= 4 is 22.6 Å². The van der Waals surface area contributed by atoms with Crippen molar-refractivity contribution in [3.8, 4) is 17.2 Å². The molecule has 0 radical (unpaired) electrons. The van der Waals surface area contributed by atoms with Crippen LogP contribution in [0.5, 0.6) is 17.2 Å². The lowest BCUT2D eigenvalue weighted by atomic mass is 9.84. The van der Waals surface area contributed by atoms with Crippen molar-refractivity contribution in [1.29, 1.82) is 0 Å². The van der Waals surface area contributed by atoms with Crippen LogP contribution >= 0.6 is 0 Å². The zero-order valence-electron chi connectivity index (χ0n) is 20.5. The summed E-state index contributed by atoms with van der Waals surface area (Å²) in [7, 11) is 4.67. The van der Waals surface area contributed by atoms with E-state index in [1.807, 2.05) is 24.3 Å². The predicted molar refractivity (Wildman–Crippen MR) is 135 cm³/mol. The number of carbonyl (C=O) groups is 2. The highest BCUT2D eigenvalue weighted by atomic mass is 16.5. The van der Waals surface area contributed by atoms with Crippen LogP contribution in [0.15, 0.2) is 54.6 Å². The molecular weight excluding hydrogens is 444 g/mol. The number of nitrogens with one attached hydrogen (secondary N) is 2. The predicted octanol–water partition coefficient (Wildman–Crippen LogP) is 4.15. The van der Waals surface area contributed by atoms with Crippen molar-refractivity contribution in [3.05, 3.63) is 65.7 Å². The van der Waals surface area contributed by atoms with Crippen LogP contribution in [-0.2, 0) is 22.6 Å². The number of amides is 2. The van der Waals surface area contributed by atoms with E-state index < -0.39 is 5.54 Å². The summed E-state index contributed by atoms with van der Waals surface area (Å²) in [6, 6.07) is 18.3. The molecule has 0 aliphatic carbocycles. The molecule has 0 saturated carbocycles. The van der Waals surface area contributed by atoms with Crippen molar-refractivity contribution in [2.75, 3.05) is 21.3 Å². The van der Waals surface area contributed by atoms with Gasteiger partial charge in [0.05, 0.1) is 21.3 Å². The number of hydrogen-bond acceptors (Lipinski definition) is 5. The minimum absolute atomic E-state index is 0.0450. The van der Waals surface area contributed by atoms with Crippen molar-refractivity contribution < 1.29 is 23.8 Å². The lowest BCUT2D eigenvalue weighted by Crippen LogP contribution is -2.44. The molecule has 2 N–H and O–H groups in total. The monoisotopic (exact) mass is 476 g/mol. The summed E-state index contributed by atoms with van der Waals surface area (Å²) < 4.78 is 16.1. The number of rotatable bonds is 10. The van der Waals surface area contributed by atoms with Gasteiger partial charge in [0, 0.05) is 24.9 Å². The minimum atomic E-state index is -0.413. The molecule has 1 aliphatic heterocycles. The zero-order chi connectivity index (χ0) is 24.8. The third-order valence-corrected chi connectivity index (χ3v) is 6.64. The molecule has 1 fully saturated rings. The standard InChI is InChI=1S/C28H32N2O5/c1-33-23-15-20(16-24(34-2)27(23)35-3)18-29-25(31)10-12-28(13-11-26(32)30-28)17-19-8-9-21-6-4-5-7-22(21)14-19/h4-9,14-16H,10-13,17-18H2,1-3H3,(H,29,31)(H,30,32)/t28-/m1/s1. The highest BCUT2D eigenvalue weighted by molar-refractivity contribution is 5.83. The van der Waals surface area contributed by atoms with Crippen LogP contribution in [0.25, 0.3) is 10.8 Å². The molecule has 0 spiro atoms. The summed E-state index contributed by atoms with van der Waals surface area (Å²) in [5.74, 6) is 1.57. The topological polar surface area (TPSA) is 85.9 Å². The van der Waals surface area contributed by atoms with Gasteiger partial charge in [-0.3, -0.25) is 9.59 Å². The first kappa shape index (κ1) is 24.4. The molecule has 7 nitrogen and oxygen atoms in total. The second kappa shape index (κ2) is 10.7. The maximum atomic E-state index is 12.7. The Morgan fingerprint density at radius 2 is 1.66 bits per heavy atom. The lowest BCUT2D eigenvalue weighted by molar-refractivity contribution is -0.122. The van der Waals surface area contributed by atoms with E-state index in [4.69, 9.17) is 14.2 Å². The van der Waals surface area contributed by atoms with Crippen LogP contribution < -0.4 is 24.8 Å². The molecule has 0 bridgehead atoms. The van der Waals surface area contributed by atoms with Gasteiger partial charge >= 0.3 is 0 Å². The Morgan fingerprint density at radius 1 is 0.943 bits per heavy atom. The maximum absolute atomic E-state index is 12.7. The Balaban J connectivity index is 1.40. The molecule has 1 heterocycles. The van der Waals surface area contributed by atoms with E-state index in [0.717, 1.165) is 17.5 Å². The number of hydrogen-bond donors (Lipinski definition) is 2. The second-order valence-corrected chi connectivity index (χ2v) is 9.00. The van der Waals surface area contributed by atoms with Gasteiger partial charge in [-0.2, -0.15) is 0 Å². The fraction of sp³-hybridized carbons (Fsp3) is 0.357. The van der Waals surface area contributed by atoms with Crippen molar-refractivity contribution in [3.63, 3.8) is 0 Å². The Bertz CT molecular complexity index is 1200. The number of methoxy groups -OCH3 is 3. The minimum Gasteiger partial charge on any atom is -0.493 e. The van der Waals surface area contributed by atoms with Gasteiger partial charge in [0.15, 0.2) is 11.5 Å². The highest BCUT2D eigenvalue weighted by Gasteiger charge is 2.37. The molecule has 7 heteroatoms. The molecule has 0 aromatic heterocycles. The van der Waals surface area contributed by atoms with E-state index in [2.05, 4.69) is 41.0 Å². The largest absolute Gasteiger partial charge is 0.493 e. The second-order valence-electron chi connectivity index (χ2n) is 9.00. The Kier molecular flexibility index (Phi) is 7.44. The molecular formula is C28H32N2O5. The molecule has 0 unspecified atom stereocenters. The van der Waals surface area contributed by atoms with Gasteiger partial charge in [-0.05, 0) is 53.3 Å². The van der Waals surface area contributed by atoms with Gasteiger partial charge in [0.25, 0.3) is 0 Å². The smallest absolute Gasteiger partial charge is 0.220 e. The van der Waals surface area contributed by atoms with Gasteiger partial charge in [-0.25, -0.2) is 0 Å². The zero-order valence-corrected chi connectivity index (χ0v) is 20.5. The van der Waals surface area contributed by atoms with Gasteiger partial charge in [0.1, 0.15) is 0 Å². The van der Waals surface area contributed by atoms with E-state index in [1.165, 1.54) is 10.8 Å². The lowest BCUT2D eigenvalue weighted by Gasteiger charge is -2.29. The fourth-order valence-electron chi connectivity index (χ4n) is 4.80. The number of carbonyl (C=O) groups excluding carboxylic acids is 2. The summed E-state index contributed by atoms with van der Waals surface area (Å²) in [6.45, 7) is 0.333. The van der Waals surface area contributed by atoms with Gasteiger partial charge in [-0.1, -0.05) is 42.5 Å². The average Bonchev–Trinajstić information content (AvgIpc) is 3.25. The van der Waals surface area contributed by atoms with E-state index in [1.54, 1.807) is 21.3 Å². The number of benzene rings is 3. The Hall–Kier alpha value is -3.74. The highest BCUT2D eigenvalue weighted by Crippen LogP contribution is 2.38. The molecule has 4 rings (SSSR count). The van der Waals surface area contributed by atoms with Gasteiger partial charge in [0.2, 0.25) is 17.6 Å². The third-order valence-electron chi connectivity index (χ3n) is 6.64. The normalized spacial score (nSPS) is 17.2. The third kappa shape index (κ3) is 5.67. The first-order valence-electron chi connectivity index (χ1n) is 11.8. The van der Waals surface area contributed by atoms with E-state index in [-0.39, 0.29) is 11.8 Å².